The lowest BCUT2D eigenvalue weighted by atomic mass is 10.2. The quantitative estimate of drug-likeness (QED) is 0.457. The number of nitroso groups, excluding NO2 is 1. The Morgan fingerprint density at radius 2 is 2.45 bits per heavy atom. The zero-order chi connectivity index (χ0) is 8.43. The zero-order valence-electron chi connectivity index (χ0n) is 6.86. The van der Waals surface area contributed by atoms with Gasteiger partial charge in [0.15, 0.2) is 0 Å². The maximum Gasteiger partial charge on any atom is 0.0934 e. The van der Waals surface area contributed by atoms with E-state index in [9.17, 15) is 10.1 Å². The molecule has 0 radical (unpaired) electrons. The molecule has 4 nitrogen and oxygen atoms in total. The summed E-state index contributed by atoms with van der Waals surface area (Å²) < 4.78 is 0. The Morgan fingerprint density at radius 3 is 2.91 bits per heavy atom. The molecular weight excluding hydrogens is 144 g/mol. The summed E-state index contributed by atoms with van der Waals surface area (Å²) in [5.41, 5.74) is 0. The molecular formula is C7H13N2O2-. The van der Waals surface area contributed by atoms with Gasteiger partial charge in [-0.2, -0.15) is 4.91 Å². The first kappa shape index (κ1) is 8.62. The number of hydrogen-bond acceptors (Lipinski definition) is 4. The van der Waals surface area contributed by atoms with Gasteiger partial charge in [0, 0.05) is 12.0 Å². The van der Waals surface area contributed by atoms with E-state index in [2.05, 4.69) is 5.18 Å². The summed E-state index contributed by atoms with van der Waals surface area (Å²) >= 11 is 0. The summed E-state index contributed by atoms with van der Waals surface area (Å²) in [7, 11) is 0. The maximum absolute atomic E-state index is 11.0. The Hall–Kier alpha value is -0.480. The minimum absolute atomic E-state index is 0.0627. The first-order valence-corrected chi connectivity index (χ1v) is 3.97. The molecule has 1 fully saturated rings. The second-order valence-electron chi connectivity index (χ2n) is 3.05. The van der Waals surface area contributed by atoms with E-state index in [-0.39, 0.29) is 18.0 Å². The average Bonchev–Trinajstić information content (AvgIpc) is 2.80. The van der Waals surface area contributed by atoms with E-state index >= 15 is 0 Å². The molecule has 0 bridgehead atoms. The third-order valence-electron chi connectivity index (χ3n) is 2.27. The van der Waals surface area contributed by atoms with Crippen LogP contribution in [-0.2, 0) is 0 Å². The van der Waals surface area contributed by atoms with Crippen molar-refractivity contribution in [2.45, 2.75) is 32.4 Å². The van der Waals surface area contributed by atoms with Gasteiger partial charge < -0.3 is 10.3 Å². The third-order valence-corrected chi connectivity index (χ3v) is 2.27. The Balaban J connectivity index is 2.30. The van der Waals surface area contributed by atoms with Crippen LogP contribution in [0.5, 0.6) is 0 Å². The van der Waals surface area contributed by atoms with Crippen molar-refractivity contribution in [1.29, 1.82) is 0 Å². The van der Waals surface area contributed by atoms with E-state index in [1.807, 2.05) is 6.92 Å². The molecule has 0 aromatic carbocycles. The molecule has 64 valence electrons. The van der Waals surface area contributed by atoms with E-state index in [1.54, 1.807) is 6.92 Å². The molecule has 0 heterocycles. The molecule has 2 unspecified atom stereocenters. The maximum atomic E-state index is 11.0. The van der Waals surface area contributed by atoms with E-state index in [4.69, 9.17) is 0 Å². The Labute approximate surface area is 66.1 Å². The van der Waals surface area contributed by atoms with Crippen LogP contribution in [-0.4, -0.2) is 23.7 Å². The highest BCUT2D eigenvalue weighted by molar-refractivity contribution is 5.00. The van der Waals surface area contributed by atoms with Crippen molar-refractivity contribution in [2.75, 3.05) is 6.54 Å². The summed E-state index contributed by atoms with van der Waals surface area (Å²) in [6, 6.07) is -0.129. The lowest BCUT2D eigenvalue weighted by molar-refractivity contribution is 0.359. The fourth-order valence-electron chi connectivity index (χ4n) is 1.36. The van der Waals surface area contributed by atoms with Gasteiger partial charge in [-0.1, -0.05) is 12.1 Å². The number of hydroxylamine groups is 2. The first-order valence-electron chi connectivity index (χ1n) is 3.97. The molecule has 1 aliphatic rings. The van der Waals surface area contributed by atoms with Crippen LogP contribution in [0.2, 0.25) is 0 Å². The highest BCUT2D eigenvalue weighted by Crippen LogP contribution is 2.38. The monoisotopic (exact) mass is 157 g/mol. The summed E-state index contributed by atoms with van der Waals surface area (Å²) in [6.45, 7) is 4.09. The van der Waals surface area contributed by atoms with Gasteiger partial charge in [0.25, 0.3) is 0 Å². The van der Waals surface area contributed by atoms with Crippen molar-refractivity contribution < 1.29 is 0 Å². The molecule has 0 aromatic rings. The van der Waals surface area contributed by atoms with E-state index in [0.717, 1.165) is 11.5 Å². The Bertz CT molecular complexity index is 151. The van der Waals surface area contributed by atoms with Crippen molar-refractivity contribution in [3.63, 3.8) is 0 Å². The predicted octanol–water partition coefficient (Wildman–Crippen LogP) is 1.35. The molecule has 0 amide bonds. The molecule has 3 atom stereocenters. The minimum atomic E-state index is -0.192. The van der Waals surface area contributed by atoms with Gasteiger partial charge in [-0.15, -0.1) is 0 Å². The number of hydrogen-bond donors (Lipinski definition) is 0. The molecule has 0 spiro atoms. The fraction of sp³-hybridized carbons (Fsp3) is 1.00. The molecule has 0 saturated heterocycles. The average molecular weight is 157 g/mol. The molecule has 1 aliphatic carbocycles. The molecule has 1 rings (SSSR count). The Morgan fingerprint density at radius 1 is 1.82 bits per heavy atom. The summed E-state index contributed by atoms with van der Waals surface area (Å²) in [5, 5.41) is 14.9. The van der Waals surface area contributed by atoms with Crippen LogP contribution >= 0.6 is 0 Å². The highest BCUT2D eigenvalue weighted by Gasteiger charge is 2.42. The molecule has 0 aliphatic heterocycles. The summed E-state index contributed by atoms with van der Waals surface area (Å²) in [4.78, 5) is 10.1. The molecule has 4 heteroatoms. The van der Waals surface area contributed by atoms with Crippen molar-refractivity contribution in [3.05, 3.63) is 10.1 Å². The second kappa shape index (κ2) is 3.28. The summed E-state index contributed by atoms with van der Waals surface area (Å²) in [6.07, 6.45) is 0.838. The predicted molar refractivity (Wildman–Crippen MR) is 42.9 cm³/mol. The topological polar surface area (TPSA) is 55.7 Å². The van der Waals surface area contributed by atoms with Crippen LogP contribution < -0.4 is 0 Å². The van der Waals surface area contributed by atoms with Crippen molar-refractivity contribution >= 4 is 0 Å². The minimum Gasteiger partial charge on any atom is -0.785 e. The van der Waals surface area contributed by atoms with Gasteiger partial charge in [0.05, 0.1) is 6.04 Å². The fourth-order valence-corrected chi connectivity index (χ4v) is 1.36. The standard InChI is InChI=1S/C7H13N2O2/c1-3-9(11)7-4-6(7)5(2)8-10/h5-7H,3-4H2,1-2H3/q-1/t5-,6?,7?/m1/s1. The number of nitrogens with zero attached hydrogens (tertiary/aromatic N) is 2. The van der Waals surface area contributed by atoms with Crippen molar-refractivity contribution in [1.82, 2.24) is 5.06 Å². The molecule has 0 N–H and O–H groups in total. The van der Waals surface area contributed by atoms with Crippen molar-refractivity contribution in [3.8, 4) is 0 Å². The van der Waals surface area contributed by atoms with Gasteiger partial charge in [0.1, 0.15) is 0 Å². The van der Waals surface area contributed by atoms with Crippen molar-refractivity contribution in [2.24, 2.45) is 11.1 Å². The molecule has 11 heavy (non-hydrogen) atoms. The van der Waals surface area contributed by atoms with E-state index in [1.165, 1.54) is 0 Å². The van der Waals surface area contributed by atoms with Gasteiger partial charge >= 0.3 is 0 Å². The third kappa shape index (κ3) is 1.75. The van der Waals surface area contributed by atoms with Gasteiger partial charge in [-0.05, 0) is 19.9 Å². The summed E-state index contributed by atoms with van der Waals surface area (Å²) in [5.74, 6) is 0.213. The van der Waals surface area contributed by atoms with Crippen LogP contribution in [0, 0.1) is 16.0 Å². The lowest BCUT2D eigenvalue weighted by Gasteiger charge is -2.26. The molecule has 1 saturated carbocycles. The first-order chi connectivity index (χ1) is 5.20. The van der Waals surface area contributed by atoms with Crippen LogP contribution in [0.4, 0.5) is 0 Å². The van der Waals surface area contributed by atoms with Crippen LogP contribution in [0.3, 0.4) is 0 Å². The van der Waals surface area contributed by atoms with E-state index in [0.29, 0.717) is 6.54 Å². The Kier molecular flexibility index (Phi) is 2.57. The lowest BCUT2D eigenvalue weighted by Crippen LogP contribution is -2.21. The van der Waals surface area contributed by atoms with Crippen LogP contribution in [0.25, 0.3) is 0 Å². The van der Waals surface area contributed by atoms with Gasteiger partial charge in [-0.3, -0.25) is 0 Å². The number of rotatable bonds is 4. The smallest absolute Gasteiger partial charge is 0.0934 e. The van der Waals surface area contributed by atoms with Crippen LogP contribution in [0.15, 0.2) is 5.18 Å². The highest BCUT2D eigenvalue weighted by atomic mass is 16.5. The van der Waals surface area contributed by atoms with Crippen LogP contribution in [0.1, 0.15) is 20.3 Å². The van der Waals surface area contributed by atoms with E-state index < -0.39 is 0 Å². The molecule has 0 aromatic heterocycles. The zero-order valence-corrected chi connectivity index (χ0v) is 6.86. The largest absolute Gasteiger partial charge is 0.785 e. The SMILES string of the molecule is CCN([O-])C1CC1[C@@H](C)N=O. The van der Waals surface area contributed by atoms with Gasteiger partial charge in [0.2, 0.25) is 0 Å². The van der Waals surface area contributed by atoms with Gasteiger partial charge in [-0.25, -0.2) is 0 Å². The second-order valence-corrected chi connectivity index (χ2v) is 3.05. The normalized spacial score (nSPS) is 32.0.